The van der Waals surface area contributed by atoms with Crippen molar-refractivity contribution in [3.63, 3.8) is 0 Å². The van der Waals surface area contributed by atoms with Crippen LogP contribution in [0.4, 0.5) is 5.82 Å². The molecule has 2 aromatic heterocycles. The van der Waals surface area contributed by atoms with Crippen LogP contribution in [0.2, 0.25) is 0 Å². The topological polar surface area (TPSA) is 103 Å². The summed E-state index contributed by atoms with van der Waals surface area (Å²) >= 11 is 0. The fourth-order valence-corrected chi connectivity index (χ4v) is 4.19. The van der Waals surface area contributed by atoms with Crippen LogP contribution in [-0.2, 0) is 13.1 Å². The Balaban J connectivity index is 1.70. The van der Waals surface area contributed by atoms with Gasteiger partial charge in [0, 0.05) is 47.1 Å². The normalized spacial score (nSPS) is 14.0. The highest BCUT2D eigenvalue weighted by Gasteiger charge is 2.28. The zero-order valence-corrected chi connectivity index (χ0v) is 19.7. The Kier molecular flexibility index (Phi) is 6.51. The van der Waals surface area contributed by atoms with Crippen molar-refractivity contribution in [3.8, 4) is 17.0 Å². The van der Waals surface area contributed by atoms with E-state index in [0.29, 0.717) is 12.1 Å². The fraction of sp³-hybridized carbons (Fsp3) is 0.360. The predicted octanol–water partition coefficient (Wildman–Crippen LogP) is 3.08. The van der Waals surface area contributed by atoms with Crippen molar-refractivity contribution in [1.82, 2.24) is 20.7 Å². The predicted molar refractivity (Wildman–Crippen MR) is 129 cm³/mol. The second-order valence-electron chi connectivity index (χ2n) is 8.65. The number of pyridine rings is 2. The molecule has 1 atom stereocenters. The monoisotopic (exact) mass is 449 g/mol. The van der Waals surface area contributed by atoms with Gasteiger partial charge in [-0.2, -0.15) is 0 Å². The molecule has 3 heterocycles. The van der Waals surface area contributed by atoms with Crippen LogP contribution in [0.25, 0.3) is 11.3 Å². The van der Waals surface area contributed by atoms with E-state index < -0.39 is 6.23 Å². The molecular weight excluding hydrogens is 418 g/mol. The largest absolute Gasteiger partial charge is 0.497 e. The van der Waals surface area contributed by atoms with Crippen LogP contribution in [0.1, 0.15) is 48.0 Å². The number of aliphatic hydroxyl groups excluding tert-OH is 1. The first-order valence-electron chi connectivity index (χ1n) is 11.1. The fourth-order valence-electron chi connectivity index (χ4n) is 4.19. The SMILES string of the molecule is COc1ccc(-c2cc(C(O)NCc3c(C)cc(C)[nH]c3=O)c3c(n2)N(C(C)C)NC3)cc1. The number of hydrazine groups is 1. The van der Waals surface area contributed by atoms with Gasteiger partial charge >= 0.3 is 0 Å². The van der Waals surface area contributed by atoms with Crippen molar-refractivity contribution in [1.29, 1.82) is 0 Å². The number of anilines is 1. The number of hydrogen-bond acceptors (Lipinski definition) is 7. The second-order valence-corrected chi connectivity index (χ2v) is 8.65. The first kappa shape index (κ1) is 23.0. The van der Waals surface area contributed by atoms with Crippen LogP contribution < -0.4 is 26.0 Å². The lowest BCUT2D eigenvalue weighted by atomic mass is 10.0. The summed E-state index contributed by atoms with van der Waals surface area (Å²) in [7, 11) is 1.63. The lowest BCUT2D eigenvalue weighted by Crippen LogP contribution is -2.38. The van der Waals surface area contributed by atoms with E-state index in [1.165, 1.54) is 0 Å². The van der Waals surface area contributed by atoms with Gasteiger partial charge in [0.15, 0.2) is 0 Å². The van der Waals surface area contributed by atoms with Crippen LogP contribution in [0, 0.1) is 13.8 Å². The average Bonchev–Trinajstić information content (AvgIpc) is 3.22. The molecule has 8 nitrogen and oxygen atoms in total. The molecule has 8 heteroatoms. The van der Waals surface area contributed by atoms with E-state index in [9.17, 15) is 9.90 Å². The van der Waals surface area contributed by atoms with Crippen molar-refractivity contribution in [2.45, 2.75) is 53.1 Å². The summed E-state index contributed by atoms with van der Waals surface area (Å²) in [6, 6.07) is 11.7. The summed E-state index contributed by atoms with van der Waals surface area (Å²) in [5, 5.41) is 16.3. The molecule has 1 aromatic carbocycles. The summed E-state index contributed by atoms with van der Waals surface area (Å²) < 4.78 is 5.27. The molecule has 0 aliphatic carbocycles. The molecule has 0 spiro atoms. The number of nitrogens with zero attached hydrogens (tertiary/aromatic N) is 2. The molecule has 33 heavy (non-hydrogen) atoms. The molecule has 1 aliphatic rings. The third-order valence-electron chi connectivity index (χ3n) is 5.95. The Morgan fingerprint density at radius 3 is 2.58 bits per heavy atom. The number of ether oxygens (including phenoxy) is 1. The van der Waals surface area contributed by atoms with Gasteiger partial charge in [0.25, 0.3) is 5.56 Å². The van der Waals surface area contributed by atoms with Gasteiger partial charge in [0.1, 0.15) is 17.8 Å². The van der Waals surface area contributed by atoms with E-state index in [1.807, 2.05) is 55.3 Å². The molecular formula is C25H31N5O3. The highest BCUT2D eigenvalue weighted by molar-refractivity contribution is 5.67. The molecule has 1 unspecified atom stereocenters. The highest BCUT2D eigenvalue weighted by atomic mass is 16.5. The number of aliphatic hydroxyl groups is 1. The molecule has 0 radical (unpaired) electrons. The van der Waals surface area contributed by atoms with E-state index in [1.54, 1.807) is 7.11 Å². The molecule has 0 saturated heterocycles. The van der Waals surface area contributed by atoms with Crippen molar-refractivity contribution >= 4 is 5.82 Å². The smallest absolute Gasteiger partial charge is 0.252 e. The van der Waals surface area contributed by atoms with Gasteiger partial charge in [-0.3, -0.25) is 15.1 Å². The average molecular weight is 450 g/mol. The van der Waals surface area contributed by atoms with Crippen LogP contribution in [0.3, 0.4) is 0 Å². The number of fused-ring (bicyclic) bond motifs is 1. The van der Waals surface area contributed by atoms with E-state index in [0.717, 1.165) is 45.2 Å². The lowest BCUT2D eigenvalue weighted by molar-refractivity contribution is 0.136. The summed E-state index contributed by atoms with van der Waals surface area (Å²) in [6.07, 6.45) is -0.965. The van der Waals surface area contributed by atoms with Gasteiger partial charge in [0.2, 0.25) is 0 Å². The number of rotatable bonds is 7. The number of nitrogens with one attached hydrogen (secondary N) is 3. The number of benzene rings is 1. The number of H-pyrrole nitrogens is 1. The molecule has 0 fully saturated rings. The Bertz CT molecular complexity index is 1200. The third-order valence-corrected chi connectivity index (χ3v) is 5.95. The van der Waals surface area contributed by atoms with Gasteiger partial charge in [-0.05, 0) is 69.7 Å². The standard InChI is InChI=1S/C25H31N5O3/c1-14(2)30-23-21(13-27-30)19(11-22(29-23)17-6-8-18(33-5)9-7-17)24(31)26-12-20-15(3)10-16(4)28-25(20)32/h6-11,14,24,26-27,31H,12-13H2,1-5H3,(H,28,32). The molecule has 1 aliphatic heterocycles. The second kappa shape index (κ2) is 9.35. The van der Waals surface area contributed by atoms with Crippen molar-refractivity contribution in [2.24, 2.45) is 0 Å². The Morgan fingerprint density at radius 2 is 1.94 bits per heavy atom. The van der Waals surface area contributed by atoms with Crippen molar-refractivity contribution < 1.29 is 9.84 Å². The molecule has 3 aromatic rings. The van der Waals surface area contributed by atoms with E-state index in [2.05, 4.69) is 29.6 Å². The Hall–Kier alpha value is -3.20. The molecule has 0 bridgehead atoms. The molecule has 0 amide bonds. The van der Waals surface area contributed by atoms with Crippen LogP contribution in [-0.4, -0.2) is 28.2 Å². The van der Waals surface area contributed by atoms with Gasteiger partial charge in [0.05, 0.1) is 12.8 Å². The van der Waals surface area contributed by atoms with Gasteiger partial charge in [-0.1, -0.05) is 0 Å². The minimum atomic E-state index is -0.965. The first-order valence-corrected chi connectivity index (χ1v) is 11.1. The van der Waals surface area contributed by atoms with Crippen molar-refractivity contribution in [3.05, 3.63) is 74.7 Å². The van der Waals surface area contributed by atoms with E-state index in [-0.39, 0.29) is 18.1 Å². The maximum absolute atomic E-state index is 12.4. The van der Waals surface area contributed by atoms with Gasteiger partial charge in [-0.25, -0.2) is 10.4 Å². The summed E-state index contributed by atoms with van der Waals surface area (Å²) in [5.74, 6) is 1.57. The van der Waals surface area contributed by atoms with E-state index >= 15 is 0 Å². The number of methoxy groups -OCH3 is 1. The lowest BCUT2D eigenvalue weighted by Gasteiger charge is -2.24. The maximum atomic E-state index is 12.4. The van der Waals surface area contributed by atoms with Gasteiger partial charge in [-0.15, -0.1) is 0 Å². The zero-order chi connectivity index (χ0) is 23.7. The summed E-state index contributed by atoms with van der Waals surface area (Å²) in [4.78, 5) is 20.1. The van der Waals surface area contributed by atoms with Crippen LogP contribution in [0.15, 0.2) is 41.2 Å². The Morgan fingerprint density at radius 1 is 1.21 bits per heavy atom. The minimum Gasteiger partial charge on any atom is -0.497 e. The number of aryl methyl sites for hydroxylation is 2. The summed E-state index contributed by atoms with van der Waals surface area (Å²) in [6.45, 7) is 8.76. The molecule has 4 rings (SSSR count). The highest BCUT2D eigenvalue weighted by Crippen LogP contribution is 2.34. The molecule has 174 valence electrons. The van der Waals surface area contributed by atoms with Crippen LogP contribution in [0.5, 0.6) is 5.75 Å². The minimum absolute atomic E-state index is 0.140. The zero-order valence-electron chi connectivity index (χ0n) is 19.7. The number of aromatic nitrogens is 2. The van der Waals surface area contributed by atoms with E-state index in [4.69, 9.17) is 9.72 Å². The molecule has 4 N–H and O–H groups in total. The van der Waals surface area contributed by atoms with Crippen LogP contribution >= 0.6 is 0 Å². The summed E-state index contributed by atoms with van der Waals surface area (Å²) in [5.41, 5.74) is 8.91. The van der Waals surface area contributed by atoms with Gasteiger partial charge < -0.3 is 14.8 Å². The maximum Gasteiger partial charge on any atom is 0.252 e. The number of hydrogen-bond donors (Lipinski definition) is 4. The third kappa shape index (κ3) is 4.64. The molecule has 0 saturated carbocycles. The number of aromatic amines is 1. The first-order chi connectivity index (χ1) is 15.8. The Labute approximate surface area is 193 Å². The van der Waals surface area contributed by atoms with Crippen molar-refractivity contribution in [2.75, 3.05) is 12.1 Å². The quantitative estimate of drug-likeness (QED) is 0.411.